The fraction of sp³-hybridized carbons (Fsp3) is 0.273. The number of rotatable bonds is 2. The molecule has 0 bridgehead atoms. The number of amidine groups is 1. The highest BCUT2D eigenvalue weighted by molar-refractivity contribution is 8.15. The van der Waals surface area contributed by atoms with Crippen LogP contribution in [0.25, 0.3) is 0 Å². The number of para-hydroxylation sites is 2. The van der Waals surface area contributed by atoms with Gasteiger partial charge in [-0.15, -0.1) is 0 Å². The summed E-state index contributed by atoms with van der Waals surface area (Å²) in [7, 11) is 1.60. The minimum atomic E-state index is -0.0755. The lowest BCUT2D eigenvalue weighted by molar-refractivity contribution is -0.118. The van der Waals surface area contributed by atoms with Crippen molar-refractivity contribution < 1.29 is 9.53 Å². The number of nitrogens with zero attached hydrogens (tertiary/aromatic N) is 1. The molecule has 1 fully saturated rings. The molecule has 84 valence electrons. The van der Waals surface area contributed by atoms with Crippen LogP contribution in [0.15, 0.2) is 29.3 Å². The Bertz CT molecular complexity index is 445. The van der Waals surface area contributed by atoms with Crippen molar-refractivity contribution in [2.24, 2.45) is 4.99 Å². The Morgan fingerprint density at radius 2 is 2.19 bits per heavy atom. The maximum absolute atomic E-state index is 11.3. The number of carbonyl (C=O) groups is 1. The third-order valence-corrected chi connectivity index (χ3v) is 3.18. The predicted octanol–water partition coefficient (Wildman–Crippen LogP) is 1.93. The first-order chi connectivity index (χ1) is 7.70. The zero-order chi connectivity index (χ0) is 11.5. The summed E-state index contributed by atoms with van der Waals surface area (Å²) >= 11 is 1.42. The van der Waals surface area contributed by atoms with Gasteiger partial charge in [0, 0.05) is 0 Å². The summed E-state index contributed by atoms with van der Waals surface area (Å²) in [5, 5.41) is 3.27. The molecule has 1 heterocycles. The average Bonchev–Trinajstić information content (AvgIpc) is 2.59. The van der Waals surface area contributed by atoms with Crippen LogP contribution in [0, 0.1) is 0 Å². The zero-order valence-electron chi connectivity index (χ0n) is 9.06. The molecule has 0 radical (unpaired) electrons. The van der Waals surface area contributed by atoms with Gasteiger partial charge in [-0.2, -0.15) is 0 Å². The van der Waals surface area contributed by atoms with Crippen molar-refractivity contribution in [2.75, 3.05) is 7.11 Å². The molecule has 1 saturated heterocycles. The first-order valence-electron chi connectivity index (χ1n) is 4.90. The molecule has 1 N–H and O–H groups in total. The summed E-state index contributed by atoms with van der Waals surface area (Å²) in [5.41, 5.74) is 0.724. The van der Waals surface area contributed by atoms with Gasteiger partial charge in [-0.25, -0.2) is 4.99 Å². The Hall–Kier alpha value is -1.49. The number of methoxy groups -OCH3 is 1. The topological polar surface area (TPSA) is 50.7 Å². The number of aliphatic imine (C=N–C) groups is 1. The van der Waals surface area contributed by atoms with Crippen LogP contribution in [-0.4, -0.2) is 23.4 Å². The zero-order valence-corrected chi connectivity index (χ0v) is 9.88. The van der Waals surface area contributed by atoms with Crippen molar-refractivity contribution in [1.82, 2.24) is 5.32 Å². The van der Waals surface area contributed by atoms with Gasteiger partial charge >= 0.3 is 0 Å². The Morgan fingerprint density at radius 3 is 2.81 bits per heavy atom. The fourth-order valence-corrected chi connectivity index (χ4v) is 2.15. The summed E-state index contributed by atoms with van der Waals surface area (Å²) in [5.74, 6) is 0.697. The van der Waals surface area contributed by atoms with E-state index in [1.54, 1.807) is 7.11 Å². The van der Waals surface area contributed by atoms with Gasteiger partial charge in [-0.3, -0.25) is 4.79 Å². The van der Waals surface area contributed by atoms with E-state index >= 15 is 0 Å². The SMILES string of the molecule is COc1ccccc1N=C1NC(=O)C(C)S1. The van der Waals surface area contributed by atoms with Crippen LogP contribution >= 0.6 is 11.8 Å². The molecular weight excluding hydrogens is 224 g/mol. The monoisotopic (exact) mass is 236 g/mol. The Kier molecular flexibility index (Phi) is 3.14. The van der Waals surface area contributed by atoms with E-state index in [0.29, 0.717) is 10.9 Å². The third kappa shape index (κ3) is 2.19. The maximum atomic E-state index is 11.3. The van der Waals surface area contributed by atoms with E-state index in [1.807, 2.05) is 31.2 Å². The quantitative estimate of drug-likeness (QED) is 0.853. The van der Waals surface area contributed by atoms with Gasteiger partial charge in [-0.1, -0.05) is 23.9 Å². The predicted molar refractivity (Wildman–Crippen MR) is 65.3 cm³/mol. The first kappa shape index (κ1) is 11.0. The van der Waals surface area contributed by atoms with Gasteiger partial charge in [0.15, 0.2) is 5.17 Å². The number of ether oxygens (including phenoxy) is 1. The molecule has 5 heteroatoms. The van der Waals surface area contributed by atoms with Crippen LogP contribution in [-0.2, 0) is 4.79 Å². The van der Waals surface area contributed by atoms with Crippen molar-refractivity contribution in [3.05, 3.63) is 24.3 Å². The van der Waals surface area contributed by atoms with Crippen molar-refractivity contribution in [2.45, 2.75) is 12.2 Å². The van der Waals surface area contributed by atoms with E-state index < -0.39 is 0 Å². The lowest BCUT2D eigenvalue weighted by Crippen LogP contribution is -2.23. The molecule has 1 aromatic carbocycles. The summed E-state index contributed by atoms with van der Waals surface area (Å²) in [6.45, 7) is 1.85. The minimum absolute atomic E-state index is 0.00125. The van der Waals surface area contributed by atoms with Gasteiger partial charge in [0.1, 0.15) is 11.4 Å². The molecule has 0 saturated carbocycles. The smallest absolute Gasteiger partial charge is 0.239 e. The van der Waals surface area contributed by atoms with Crippen LogP contribution in [0.4, 0.5) is 5.69 Å². The molecule has 1 atom stereocenters. The molecule has 4 nitrogen and oxygen atoms in total. The number of nitrogens with one attached hydrogen (secondary N) is 1. The summed E-state index contributed by atoms with van der Waals surface area (Å²) in [6.07, 6.45) is 0. The highest BCUT2D eigenvalue weighted by Crippen LogP contribution is 2.29. The lowest BCUT2D eigenvalue weighted by Gasteiger charge is -2.03. The molecule has 1 aliphatic rings. The lowest BCUT2D eigenvalue weighted by atomic mass is 10.3. The van der Waals surface area contributed by atoms with E-state index in [9.17, 15) is 4.79 Å². The van der Waals surface area contributed by atoms with Gasteiger partial charge in [0.05, 0.1) is 12.4 Å². The number of amides is 1. The van der Waals surface area contributed by atoms with E-state index in [1.165, 1.54) is 11.8 Å². The van der Waals surface area contributed by atoms with Crippen molar-refractivity contribution >= 4 is 28.5 Å². The molecule has 1 amide bonds. The van der Waals surface area contributed by atoms with Gasteiger partial charge in [-0.05, 0) is 19.1 Å². The average molecular weight is 236 g/mol. The minimum Gasteiger partial charge on any atom is -0.494 e. The number of hydrogen-bond donors (Lipinski definition) is 1. The standard InChI is InChI=1S/C11H12N2O2S/c1-7-10(14)13-11(16-7)12-8-5-3-4-6-9(8)15-2/h3-7H,1-2H3,(H,12,13,14). The highest BCUT2D eigenvalue weighted by atomic mass is 32.2. The van der Waals surface area contributed by atoms with Crippen LogP contribution < -0.4 is 10.1 Å². The number of thioether (sulfide) groups is 1. The molecule has 2 rings (SSSR count). The Labute approximate surface area is 98.1 Å². The van der Waals surface area contributed by atoms with Crippen LogP contribution in [0.5, 0.6) is 5.75 Å². The van der Waals surface area contributed by atoms with Gasteiger partial charge in [0.2, 0.25) is 5.91 Å². The number of carbonyl (C=O) groups excluding carboxylic acids is 1. The highest BCUT2D eigenvalue weighted by Gasteiger charge is 2.25. The van der Waals surface area contributed by atoms with Crippen molar-refractivity contribution in [3.63, 3.8) is 0 Å². The molecule has 16 heavy (non-hydrogen) atoms. The molecule has 1 aliphatic heterocycles. The summed E-state index contributed by atoms with van der Waals surface area (Å²) in [4.78, 5) is 15.6. The largest absolute Gasteiger partial charge is 0.494 e. The van der Waals surface area contributed by atoms with Crippen molar-refractivity contribution in [1.29, 1.82) is 0 Å². The maximum Gasteiger partial charge on any atom is 0.239 e. The van der Waals surface area contributed by atoms with Crippen LogP contribution in [0.3, 0.4) is 0 Å². The first-order valence-corrected chi connectivity index (χ1v) is 5.78. The van der Waals surface area contributed by atoms with E-state index in [2.05, 4.69) is 10.3 Å². The molecular formula is C11H12N2O2S. The second-order valence-corrected chi connectivity index (χ2v) is 4.67. The van der Waals surface area contributed by atoms with Gasteiger partial charge < -0.3 is 10.1 Å². The number of hydrogen-bond acceptors (Lipinski definition) is 4. The van der Waals surface area contributed by atoms with Crippen molar-refractivity contribution in [3.8, 4) is 5.75 Å². The third-order valence-electron chi connectivity index (χ3n) is 2.19. The molecule has 0 aliphatic carbocycles. The second kappa shape index (κ2) is 4.57. The molecule has 0 aromatic heterocycles. The van der Waals surface area contributed by atoms with Crippen LogP contribution in [0.2, 0.25) is 0 Å². The Balaban J connectivity index is 2.26. The molecule has 1 unspecified atom stereocenters. The fourth-order valence-electron chi connectivity index (χ4n) is 1.34. The van der Waals surface area contributed by atoms with Gasteiger partial charge in [0.25, 0.3) is 0 Å². The van der Waals surface area contributed by atoms with E-state index in [4.69, 9.17) is 4.74 Å². The summed E-state index contributed by atoms with van der Waals surface area (Å²) < 4.78 is 5.18. The number of benzene rings is 1. The Morgan fingerprint density at radius 1 is 1.44 bits per heavy atom. The normalized spacial score (nSPS) is 22.2. The van der Waals surface area contributed by atoms with Crippen LogP contribution in [0.1, 0.15) is 6.92 Å². The summed E-state index contributed by atoms with van der Waals surface area (Å²) in [6, 6.07) is 7.45. The second-order valence-electron chi connectivity index (χ2n) is 3.34. The van der Waals surface area contributed by atoms with E-state index in [-0.39, 0.29) is 11.2 Å². The molecule has 0 spiro atoms. The molecule has 1 aromatic rings. The van der Waals surface area contributed by atoms with E-state index in [0.717, 1.165) is 5.69 Å².